The lowest BCUT2D eigenvalue weighted by molar-refractivity contribution is 0.210. The molecule has 5 heteroatoms. The molecule has 1 saturated heterocycles. The van der Waals surface area contributed by atoms with Crippen molar-refractivity contribution in [3.63, 3.8) is 0 Å². The van der Waals surface area contributed by atoms with Gasteiger partial charge < -0.3 is 10.6 Å². The number of nitrogens with zero attached hydrogens (tertiary/aromatic N) is 1. The molecule has 3 atom stereocenters. The molecule has 0 bridgehead atoms. The highest BCUT2D eigenvalue weighted by atomic mass is 32.1. The Morgan fingerprint density at radius 1 is 1.30 bits per heavy atom. The molecule has 0 radical (unpaired) electrons. The van der Waals surface area contributed by atoms with Crippen LogP contribution in [0.5, 0.6) is 0 Å². The first-order chi connectivity index (χ1) is 11.2. The lowest BCUT2D eigenvalue weighted by Gasteiger charge is -2.30. The molecule has 0 aromatic carbocycles. The highest BCUT2D eigenvalue weighted by Gasteiger charge is 2.26. The van der Waals surface area contributed by atoms with Crippen molar-refractivity contribution >= 4 is 17.4 Å². The van der Waals surface area contributed by atoms with Crippen LogP contribution in [0.25, 0.3) is 0 Å². The van der Waals surface area contributed by atoms with Crippen LogP contribution in [0.2, 0.25) is 0 Å². The van der Waals surface area contributed by atoms with E-state index in [4.69, 9.17) is 0 Å². The summed E-state index contributed by atoms with van der Waals surface area (Å²) in [6.07, 6.45) is 7.43. The summed E-state index contributed by atoms with van der Waals surface area (Å²) in [5.74, 6) is 0.598. The third kappa shape index (κ3) is 4.48. The van der Waals surface area contributed by atoms with Gasteiger partial charge in [-0.05, 0) is 56.1 Å². The molecule has 128 valence electrons. The normalized spacial score (nSPS) is 26.8. The van der Waals surface area contributed by atoms with Crippen molar-refractivity contribution in [1.82, 2.24) is 15.5 Å². The minimum absolute atomic E-state index is 0.00417. The maximum Gasteiger partial charge on any atom is 0.315 e. The van der Waals surface area contributed by atoms with E-state index in [1.807, 2.05) is 0 Å². The average molecular weight is 336 g/mol. The predicted molar refractivity (Wildman–Crippen MR) is 95.8 cm³/mol. The van der Waals surface area contributed by atoms with Crippen LogP contribution in [0.15, 0.2) is 17.5 Å². The summed E-state index contributed by atoms with van der Waals surface area (Å²) in [6.45, 7) is 5.24. The van der Waals surface area contributed by atoms with Crippen LogP contribution in [0, 0.1) is 5.92 Å². The number of carbonyl (C=O) groups excluding carboxylic acids is 1. The quantitative estimate of drug-likeness (QED) is 0.860. The van der Waals surface area contributed by atoms with Crippen LogP contribution < -0.4 is 10.6 Å². The molecular formula is C18H29N3OS. The first-order valence-corrected chi connectivity index (χ1v) is 9.94. The minimum Gasteiger partial charge on any atom is -0.336 e. The van der Waals surface area contributed by atoms with Crippen LogP contribution in [-0.2, 0) is 0 Å². The molecule has 1 saturated carbocycles. The molecule has 3 rings (SSSR count). The monoisotopic (exact) mass is 335 g/mol. The number of rotatable bonds is 5. The molecule has 2 amide bonds. The van der Waals surface area contributed by atoms with E-state index < -0.39 is 0 Å². The molecule has 2 N–H and O–H groups in total. The summed E-state index contributed by atoms with van der Waals surface area (Å²) < 4.78 is 0. The molecule has 1 aliphatic carbocycles. The van der Waals surface area contributed by atoms with E-state index in [1.165, 1.54) is 37.0 Å². The van der Waals surface area contributed by atoms with Crippen molar-refractivity contribution in [2.45, 2.75) is 57.5 Å². The van der Waals surface area contributed by atoms with Gasteiger partial charge in [-0.25, -0.2) is 4.79 Å². The fraction of sp³-hybridized carbons (Fsp3) is 0.722. The second kappa shape index (κ2) is 8.15. The molecule has 3 unspecified atom stereocenters. The number of hydrogen-bond donors (Lipinski definition) is 2. The Kier molecular flexibility index (Phi) is 5.95. The van der Waals surface area contributed by atoms with Gasteiger partial charge in [0.1, 0.15) is 0 Å². The van der Waals surface area contributed by atoms with Crippen molar-refractivity contribution < 1.29 is 4.79 Å². The smallest absolute Gasteiger partial charge is 0.315 e. The first-order valence-electron chi connectivity index (χ1n) is 9.06. The summed E-state index contributed by atoms with van der Waals surface area (Å²) in [4.78, 5) is 16.2. The number of nitrogens with one attached hydrogen (secondary N) is 2. The van der Waals surface area contributed by atoms with E-state index in [2.05, 4.69) is 40.0 Å². The summed E-state index contributed by atoms with van der Waals surface area (Å²) in [6, 6.07) is 4.97. The SMILES string of the molecule is CC1CCCCC1NC(=O)NCC(c1cccs1)N1CCCC1. The number of amides is 2. The maximum absolute atomic E-state index is 12.3. The molecule has 1 aliphatic heterocycles. The van der Waals surface area contributed by atoms with Gasteiger partial charge in [0.05, 0.1) is 6.04 Å². The van der Waals surface area contributed by atoms with Gasteiger partial charge in [0.15, 0.2) is 0 Å². The second-order valence-corrected chi connectivity index (χ2v) is 7.98. The number of hydrogen-bond acceptors (Lipinski definition) is 3. The zero-order valence-corrected chi connectivity index (χ0v) is 14.9. The molecule has 2 fully saturated rings. The topological polar surface area (TPSA) is 44.4 Å². The standard InChI is InChI=1S/C18H29N3OS/c1-14-7-2-3-8-15(14)20-18(22)19-13-16(17-9-6-12-23-17)21-10-4-5-11-21/h6,9,12,14-16H,2-5,7-8,10-11,13H2,1H3,(H2,19,20,22). The van der Waals surface area contributed by atoms with Gasteiger partial charge in [0.25, 0.3) is 0 Å². The van der Waals surface area contributed by atoms with Gasteiger partial charge in [0, 0.05) is 17.5 Å². The zero-order valence-electron chi connectivity index (χ0n) is 14.1. The van der Waals surface area contributed by atoms with Crippen molar-refractivity contribution in [2.24, 2.45) is 5.92 Å². The van der Waals surface area contributed by atoms with Gasteiger partial charge in [0.2, 0.25) is 0 Å². The van der Waals surface area contributed by atoms with E-state index in [0.29, 0.717) is 24.5 Å². The number of likely N-dealkylation sites (tertiary alicyclic amines) is 1. The van der Waals surface area contributed by atoms with Gasteiger partial charge in [-0.3, -0.25) is 4.90 Å². The fourth-order valence-corrected chi connectivity index (χ4v) is 4.74. The third-order valence-electron chi connectivity index (χ3n) is 5.34. The first kappa shape index (κ1) is 16.8. The van der Waals surface area contributed by atoms with Crippen LogP contribution in [0.4, 0.5) is 4.79 Å². The van der Waals surface area contributed by atoms with Gasteiger partial charge in [-0.2, -0.15) is 0 Å². The van der Waals surface area contributed by atoms with Crippen molar-refractivity contribution in [2.75, 3.05) is 19.6 Å². The Morgan fingerprint density at radius 2 is 2.09 bits per heavy atom. The Balaban J connectivity index is 1.52. The van der Waals surface area contributed by atoms with Crippen molar-refractivity contribution in [3.05, 3.63) is 22.4 Å². The summed E-state index contributed by atoms with van der Waals surface area (Å²) in [5.41, 5.74) is 0. The molecule has 1 aromatic rings. The van der Waals surface area contributed by atoms with Crippen LogP contribution >= 0.6 is 11.3 Å². The summed E-state index contributed by atoms with van der Waals surface area (Å²) in [5, 5.41) is 8.45. The Hall–Kier alpha value is -1.07. The Labute approximate surface area is 143 Å². The average Bonchev–Trinajstić information content (AvgIpc) is 3.23. The molecule has 2 heterocycles. The Bertz CT molecular complexity index is 484. The van der Waals surface area contributed by atoms with E-state index in [9.17, 15) is 4.79 Å². The zero-order chi connectivity index (χ0) is 16.1. The molecule has 2 aliphatic rings. The third-order valence-corrected chi connectivity index (χ3v) is 6.31. The molecule has 1 aromatic heterocycles. The Morgan fingerprint density at radius 3 is 2.78 bits per heavy atom. The highest BCUT2D eigenvalue weighted by Crippen LogP contribution is 2.28. The maximum atomic E-state index is 12.3. The van der Waals surface area contributed by atoms with E-state index in [1.54, 1.807) is 11.3 Å². The van der Waals surface area contributed by atoms with Crippen molar-refractivity contribution in [3.8, 4) is 0 Å². The van der Waals surface area contributed by atoms with Crippen molar-refractivity contribution in [1.29, 1.82) is 0 Å². The lowest BCUT2D eigenvalue weighted by Crippen LogP contribution is -2.48. The predicted octanol–water partition coefficient (Wildman–Crippen LogP) is 3.76. The van der Waals surface area contributed by atoms with E-state index >= 15 is 0 Å². The highest BCUT2D eigenvalue weighted by molar-refractivity contribution is 7.10. The van der Waals surface area contributed by atoms with Gasteiger partial charge in [-0.1, -0.05) is 25.8 Å². The van der Waals surface area contributed by atoms with E-state index in [-0.39, 0.29) is 6.03 Å². The number of thiophene rings is 1. The van der Waals surface area contributed by atoms with Gasteiger partial charge >= 0.3 is 6.03 Å². The molecule has 0 spiro atoms. The van der Waals surface area contributed by atoms with Gasteiger partial charge in [-0.15, -0.1) is 11.3 Å². The largest absolute Gasteiger partial charge is 0.336 e. The summed E-state index contributed by atoms with van der Waals surface area (Å²) >= 11 is 1.79. The fourth-order valence-electron chi connectivity index (χ4n) is 3.88. The van der Waals surface area contributed by atoms with E-state index in [0.717, 1.165) is 19.5 Å². The second-order valence-electron chi connectivity index (χ2n) is 7.00. The van der Waals surface area contributed by atoms with Crippen LogP contribution in [0.1, 0.15) is 56.4 Å². The molecule has 4 nitrogen and oxygen atoms in total. The molecule has 23 heavy (non-hydrogen) atoms. The van der Waals surface area contributed by atoms with Crippen LogP contribution in [-0.4, -0.2) is 36.6 Å². The summed E-state index contributed by atoms with van der Waals surface area (Å²) in [7, 11) is 0. The molecular weight excluding hydrogens is 306 g/mol. The lowest BCUT2D eigenvalue weighted by atomic mass is 9.86. The minimum atomic E-state index is 0.00417. The van der Waals surface area contributed by atoms with Crippen LogP contribution in [0.3, 0.4) is 0 Å². The number of carbonyl (C=O) groups is 1. The number of urea groups is 1.